The monoisotopic (exact) mass is 384 g/mol. The van der Waals surface area contributed by atoms with Crippen LogP contribution in [0, 0.1) is 0 Å². The van der Waals surface area contributed by atoms with Crippen LogP contribution in [0.3, 0.4) is 0 Å². The lowest BCUT2D eigenvalue weighted by Gasteiger charge is -2.27. The van der Waals surface area contributed by atoms with E-state index in [1.807, 2.05) is 36.5 Å². The Kier molecular flexibility index (Phi) is 8.45. The fourth-order valence-corrected chi connectivity index (χ4v) is 2.86. The van der Waals surface area contributed by atoms with Gasteiger partial charge >= 0.3 is 0 Å². The zero-order chi connectivity index (χ0) is 16.2. The number of hydrogen-bond donors (Lipinski definition) is 1. The van der Waals surface area contributed by atoms with Crippen LogP contribution < -0.4 is 5.43 Å². The molecule has 0 saturated heterocycles. The molecule has 0 unspecified atom stereocenters. The molecule has 0 fully saturated rings. The summed E-state index contributed by atoms with van der Waals surface area (Å²) in [5.74, 6) is -0.0130. The summed E-state index contributed by atoms with van der Waals surface area (Å²) in [5.41, 5.74) is 4.86. The van der Waals surface area contributed by atoms with Crippen LogP contribution >= 0.6 is 24.8 Å². The predicted octanol–water partition coefficient (Wildman–Crippen LogP) is 2.75. The Bertz CT molecular complexity index is 727. The van der Waals surface area contributed by atoms with Crippen molar-refractivity contribution in [2.45, 2.75) is 6.42 Å². The minimum absolute atomic E-state index is 0. The van der Waals surface area contributed by atoms with Gasteiger partial charge in [0.25, 0.3) is 5.91 Å². The molecule has 1 aliphatic heterocycles. The molecule has 25 heavy (non-hydrogen) atoms. The van der Waals surface area contributed by atoms with Crippen LogP contribution in [0.1, 0.15) is 6.42 Å². The molecule has 1 aromatic carbocycles. The van der Waals surface area contributed by atoms with E-state index in [-0.39, 0.29) is 30.7 Å². The zero-order valence-electron chi connectivity index (χ0n) is 14.6. The Labute approximate surface area is 161 Å². The van der Waals surface area contributed by atoms with Gasteiger partial charge in [0.2, 0.25) is 0 Å². The lowest BCUT2D eigenvalue weighted by molar-refractivity contribution is -0.114. The van der Waals surface area contributed by atoms with Gasteiger partial charge in [-0.25, -0.2) is 0 Å². The number of carbonyl (C=O) groups is 1. The first-order chi connectivity index (χ1) is 11.1. The van der Waals surface area contributed by atoms with E-state index in [1.54, 1.807) is 4.68 Å². The minimum atomic E-state index is -0.0130. The summed E-state index contributed by atoms with van der Waals surface area (Å²) in [6.45, 7) is 3.75. The van der Waals surface area contributed by atoms with E-state index in [4.69, 9.17) is 0 Å². The first-order valence-corrected chi connectivity index (χ1v) is 8.07. The molecule has 2 aromatic rings. The first kappa shape index (κ1) is 21.5. The largest absolute Gasteiger partial charge is 0.308 e. The molecular weight excluding hydrogens is 359 g/mol. The molecule has 1 aliphatic rings. The fourth-order valence-electron chi connectivity index (χ4n) is 2.86. The van der Waals surface area contributed by atoms with Crippen LogP contribution in [0.25, 0.3) is 10.9 Å². The summed E-state index contributed by atoms with van der Waals surface area (Å²) in [4.78, 5) is 17.1. The second-order valence-electron chi connectivity index (χ2n) is 6.28. The highest BCUT2D eigenvalue weighted by atomic mass is 35.5. The van der Waals surface area contributed by atoms with E-state index in [9.17, 15) is 4.79 Å². The normalized spacial score (nSPS) is 14.6. The molecule has 0 radical (unpaired) electrons. The van der Waals surface area contributed by atoms with Crippen LogP contribution in [0.4, 0.5) is 0 Å². The van der Waals surface area contributed by atoms with Crippen LogP contribution in [0.15, 0.2) is 48.2 Å². The number of para-hydroxylation sites is 1. The van der Waals surface area contributed by atoms with Gasteiger partial charge in [-0.05, 0) is 32.6 Å². The van der Waals surface area contributed by atoms with Crippen LogP contribution in [0.5, 0.6) is 0 Å². The van der Waals surface area contributed by atoms with Gasteiger partial charge in [-0.2, -0.15) is 0 Å². The lowest BCUT2D eigenvalue weighted by Crippen LogP contribution is -2.39. The minimum Gasteiger partial charge on any atom is -0.308 e. The summed E-state index contributed by atoms with van der Waals surface area (Å²) < 4.78 is 1.80. The lowest BCUT2D eigenvalue weighted by atomic mass is 10.1. The average molecular weight is 385 g/mol. The number of halogens is 2. The summed E-state index contributed by atoms with van der Waals surface area (Å²) in [6, 6.07) is 10.0. The second kappa shape index (κ2) is 9.82. The Balaban J connectivity index is 0.00000156. The first-order valence-electron chi connectivity index (χ1n) is 8.07. The molecule has 0 saturated carbocycles. The van der Waals surface area contributed by atoms with Crippen LogP contribution in [0.2, 0.25) is 0 Å². The van der Waals surface area contributed by atoms with Crippen LogP contribution in [-0.4, -0.2) is 60.7 Å². The molecule has 0 bridgehead atoms. The maximum Gasteiger partial charge on any atom is 0.267 e. The topological polar surface area (TPSA) is 40.5 Å². The maximum absolute atomic E-state index is 12.6. The van der Waals surface area contributed by atoms with Crippen molar-refractivity contribution in [2.24, 2.45) is 0 Å². The van der Waals surface area contributed by atoms with Crippen molar-refractivity contribution in [1.82, 2.24) is 14.5 Å². The van der Waals surface area contributed by atoms with Crippen molar-refractivity contribution in [2.75, 3.05) is 45.7 Å². The quantitative estimate of drug-likeness (QED) is 0.861. The maximum atomic E-state index is 12.6. The molecule has 7 heteroatoms. The molecule has 1 aromatic heterocycles. The molecule has 3 rings (SSSR count). The second-order valence-corrected chi connectivity index (χ2v) is 6.28. The summed E-state index contributed by atoms with van der Waals surface area (Å²) in [5, 5.41) is 1.12. The molecular formula is C18H26Cl2N4O. The van der Waals surface area contributed by atoms with E-state index in [0.29, 0.717) is 0 Å². The van der Waals surface area contributed by atoms with E-state index >= 15 is 0 Å². The third kappa shape index (κ3) is 5.47. The van der Waals surface area contributed by atoms with Crippen LogP contribution in [-0.2, 0) is 4.79 Å². The number of fused-ring (bicyclic) bond motifs is 1. The number of aromatic nitrogens is 1. The van der Waals surface area contributed by atoms with Crippen molar-refractivity contribution < 1.29 is 4.79 Å². The predicted molar refractivity (Wildman–Crippen MR) is 108 cm³/mol. The number of rotatable bonds is 5. The highest BCUT2D eigenvalue weighted by molar-refractivity contribution is 6.00. The number of nitrogens with zero attached hydrogens (tertiary/aromatic N) is 3. The van der Waals surface area contributed by atoms with Crippen molar-refractivity contribution in [3.63, 3.8) is 0 Å². The van der Waals surface area contributed by atoms with Gasteiger partial charge < -0.3 is 4.90 Å². The average Bonchev–Trinajstić information content (AvgIpc) is 2.96. The number of likely N-dealkylation sites (N-methyl/N-ethyl adjacent to an activating group) is 1. The molecule has 138 valence electrons. The number of carbonyl (C=O) groups excluding carboxylic acids is 1. The molecule has 0 aliphatic carbocycles. The van der Waals surface area contributed by atoms with E-state index in [2.05, 4.69) is 35.4 Å². The smallest absolute Gasteiger partial charge is 0.267 e. The summed E-state index contributed by atoms with van der Waals surface area (Å²) >= 11 is 0. The van der Waals surface area contributed by atoms with Gasteiger partial charge in [-0.15, -0.1) is 24.8 Å². The molecule has 2 heterocycles. The molecule has 1 amide bonds. The Morgan fingerprint density at radius 1 is 1.20 bits per heavy atom. The Morgan fingerprint density at radius 3 is 2.72 bits per heavy atom. The standard InChI is InChI=1S/C18H24N4O.2ClH/c1-20(2)12-13-21-10-5-7-16(14-21)18(23)19-22-11-9-15-6-3-4-8-17(15)22;;/h3-4,6-9,11H,5,10,12-14H2,1-2H3,(H,19,23);2*1H. The van der Waals surface area contributed by atoms with Crippen molar-refractivity contribution in [3.05, 3.63) is 48.2 Å². The van der Waals surface area contributed by atoms with E-state index in [1.165, 1.54) is 0 Å². The fraction of sp³-hybridized carbons (Fsp3) is 0.389. The number of benzene rings is 1. The Hall–Kier alpha value is -1.53. The van der Waals surface area contributed by atoms with E-state index < -0.39 is 0 Å². The van der Waals surface area contributed by atoms with Gasteiger partial charge in [0.05, 0.1) is 5.52 Å². The molecule has 0 atom stereocenters. The van der Waals surface area contributed by atoms with Gasteiger partial charge in [-0.1, -0.05) is 24.3 Å². The van der Waals surface area contributed by atoms with E-state index in [0.717, 1.165) is 49.1 Å². The van der Waals surface area contributed by atoms with Crippen molar-refractivity contribution in [1.29, 1.82) is 0 Å². The Morgan fingerprint density at radius 2 is 1.96 bits per heavy atom. The number of amides is 1. The zero-order valence-corrected chi connectivity index (χ0v) is 16.3. The van der Waals surface area contributed by atoms with Gasteiger partial charge in [-0.3, -0.25) is 19.8 Å². The van der Waals surface area contributed by atoms with Crippen molar-refractivity contribution in [3.8, 4) is 0 Å². The van der Waals surface area contributed by atoms with Gasteiger partial charge in [0.1, 0.15) is 0 Å². The number of nitrogens with one attached hydrogen (secondary N) is 1. The SMILES string of the molecule is CN(C)CCN1CCC=C(C(=O)Nn2ccc3ccccc32)C1.Cl.Cl. The molecule has 1 N–H and O–H groups in total. The van der Waals surface area contributed by atoms with Crippen molar-refractivity contribution >= 4 is 41.6 Å². The number of hydrogen-bond acceptors (Lipinski definition) is 3. The van der Waals surface area contributed by atoms with Gasteiger partial charge in [0, 0.05) is 43.3 Å². The molecule has 5 nitrogen and oxygen atoms in total. The molecule has 0 spiro atoms. The highest BCUT2D eigenvalue weighted by Gasteiger charge is 2.18. The summed E-state index contributed by atoms with van der Waals surface area (Å²) in [6.07, 6.45) is 4.89. The third-order valence-electron chi connectivity index (χ3n) is 4.21. The van der Waals surface area contributed by atoms with Gasteiger partial charge in [0.15, 0.2) is 0 Å². The third-order valence-corrected chi connectivity index (χ3v) is 4.21. The highest BCUT2D eigenvalue weighted by Crippen LogP contribution is 2.15. The summed E-state index contributed by atoms with van der Waals surface area (Å²) in [7, 11) is 4.15.